The van der Waals surface area contributed by atoms with Crippen LogP contribution in [0.2, 0.25) is 5.02 Å². The van der Waals surface area contributed by atoms with Crippen LogP contribution in [0.1, 0.15) is 28.8 Å². The van der Waals surface area contributed by atoms with Gasteiger partial charge in [-0.1, -0.05) is 60.1 Å². The van der Waals surface area contributed by atoms with Crippen LogP contribution in [-0.4, -0.2) is 30.1 Å². The van der Waals surface area contributed by atoms with E-state index in [0.717, 1.165) is 0 Å². The van der Waals surface area contributed by atoms with Crippen LogP contribution in [0.25, 0.3) is 0 Å². The lowest BCUT2D eigenvalue weighted by Gasteiger charge is -2.20. The van der Waals surface area contributed by atoms with E-state index in [9.17, 15) is 9.59 Å². The maximum Gasteiger partial charge on any atom is 0.331 e. The topological polar surface area (TPSA) is 67.8 Å². The zero-order valence-corrected chi connectivity index (χ0v) is 14.4. The Labute approximate surface area is 150 Å². The van der Waals surface area contributed by atoms with Crippen molar-refractivity contribution in [3.05, 3.63) is 70.7 Å². The van der Waals surface area contributed by atoms with E-state index in [0.29, 0.717) is 16.1 Å². The van der Waals surface area contributed by atoms with Crippen LogP contribution in [-0.2, 0) is 9.53 Å². The summed E-state index contributed by atoms with van der Waals surface area (Å²) in [5.74, 6) is -1.32. The van der Waals surface area contributed by atoms with Crippen LogP contribution in [0.5, 0.6) is 0 Å². The average molecular weight is 357 g/mol. The number of ketones is 1. The number of hydrazone groups is 1. The number of hydrogen-bond donors (Lipinski definition) is 1. The zero-order valence-electron chi connectivity index (χ0n) is 13.6. The molecule has 0 radical (unpaired) electrons. The van der Waals surface area contributed by atoms with Crippen molar-refractivity contribution in [3.8, 4) is 0 Å². The molecule has 1 N–H and O–H groups in total. The summed E-state index contributed by atoms with van der Waals surface area (Å²) < 4.78 is 5.12. The smallest absolute Gasteiger partial charge is 0.331 e. The third-order valence-corrected chi connectivity index (χ3v) is 4.35. The second-order valence-electron chi connectivity index (χ2n) is 5.55. The van der Waals surface area contributed by atoms with Gasteiger partial charge < -0.3 is 4.74 Å². The number of Topliss-reactive ketones (excluding diaryl/α,β-unsaturated/α-hetero) is 1. The van der Waals surface area contributed by atoms with Crippen molar-refractivity contribution >= 4 is 29.1 Å². The maximum absolute atomic E-state index is 12.9. The number of ether oxygens (including phenoxy) is 1. The second-order valence-corrected chi connectivity index (χ2v) is 5.96. The van der Waals surface area contributed by atoms with Gasteiger partial charge in [-0.25, -0.2) is 4.79 Å². The Hall–Kier alpha value is -2.66. The Morgan fingerprint density at radius 1 is 1.12 bits per heavy atom. The summed E-state index contributed by atoms with van der Waals surface area (Å²) in [5, 5.41) is 4.62. The predicted molar refractivity (Wildman–Crippen MR) is 96.0 cm³/mol. The van der Waals surface area contributed by atoms with E-state index in [1.807, 2.05) is 12.1 Å². The Kier molecular flexibility index (Phi) is 5.14. The maximum atomic E-state index is 12.9. The van der Waals surface area contributed by atoms with E-state index < -0.39 is 17.9 Å². The fourth-order valence-electron chi connectivity index (χ4n) is 2.85. The molecule has 25 heavy (non-hydrogen) atoms. The highest BCUT2D eigenvalue weighted by Gasteiger charge is 2.42. The largest absolute Gasteiger partial charge is 0.464 e. The van der Waals surface area contributed by atoms with Gasteiger partial charge in [0.2, 0.25) is 5.78 Å². The molecule has 128 valence electrons. The molecule has 2 aromatic carbocycles. The first-order valence-corrected chi connectivity index (χ1v) is 8.35. The molecule has 0 bridgehead atoms. The number of esters is 1. The quantitative estimate of drug-likeness (QED) is 0.660. The Bertz CT molecular complexity index is 820. The summed E-state index contributed by atoms with van der Waals surface area (Å²) in [4.78, 5) is 25.2. The van der Waals surface area contributed by atoms with Crippen LogP contribution in [0.15, 0.2) is 59.7 Å². The van der Waals surface area contributed by atoms with Gasteiger partial charge in [0.15, 0.2) is 6.04 Å². The van der Waals surface area contributed by atoms with E-state index in [2.05, 4.69) is 10.5 Å². The molecular weight excluding hydrogens is 340 g/mol. The van der Waals surface area contributed by atoms with Crippen LogP contribution in [0, 0.1) is 0 Å². The SMILES string of the molecule is CCOC(=O)C1NN=C(C(=O)c2ccccc2)C1c1ccccc1Cl. The lowest BCUT2D eigenvalue weighted by Crippen LogP contribution is -2.38. The standard InChI is InChI=1S/C19H17ClN2O3/c1-2-25-19(24)17-15(13-10-6-7-11-14(13)20)16(21-22-17)18(23)12-8-4-3-5-9-12/h3-11,15,17,22H,2H2,1H3. The monoisotopic (exact) mass is 356 g/mol. The lowest BCUT2D eigenvalue weighted by molar-refractivity contribution is -0.145. The first-order valence-electron chi connectivity index (χ1n) is 7.97. The number of benzene rings is 2. The molecule has 2 aromatic rings. The van der Waals surface area contributed by atoms with Crippen LogP contribution >= 0.6 is 11.6 Å². The van der Waals surface area contributed by atoms with Crippen molar-refractivity contribution in [2.45, 2.75) is 18.9 Å². The molecule has 0 amide bonds. The van der Waals surface area contributed by atoms with Crippen molar-refractivity contribution in [1.82, 2.24) is 5.43 Å². The van der Waals surface area contributed by atoms with Gasteiger partial charge >= 0.3 is 5.97 Å². The van der Waals surface area contributed by atoms with Gasteiger partial charge in [-0.15, -0.1) is 0 Å². The highest BCUT2D eigenvalue weighted by atomic mass is 35.5. The van der Waals surface area contributed by atoms with Crippen LogP contribution in [0.4, 0.5) is 0 Å². The molecule has 6 heteroatoms. The summed E-state index contributed by atoms with van der Waals surface area (Å²) in [6, 6.07) is 15.2. The molecule has 0 spiro atoms. The lowest BCUT2D eigenvalue weighted by atomic mass is 9.85. The molecule has 1 heterocycles. The summed E-state index contributed by atoms with van der Waals surface area (Å²) >= 11 is 6.32. The molecule has 2 atom stereocenters. The van der Waals surface area contributed by atoms with Crippen molar-refractivity contribution in [1.29, 1.82) is 0 Å². The Morgan fingerprint density at radius 3 is 2.48 bits per heavy atom. The molecule has 0 saturated heterocycles. The number of halogens is 1. The highest BCUT2D eigenvalue weighted by molar-refractivity contribution is 6.49. The minimum absolute atomic E-state index is 0.244. The summed E-state index contributed by atoms with van der Waals surface area (Å²) in [7, 11) is 0. The molecule has 0 saturated carbocycles. The van der Waals surface area contributed by atoms with Crippen LogP contribution in [0.3, 0.4) is 0 Å². The van der Waals surface area contributed by atoms with Crippen molar-refractivity contribution < 1.29 is 14.3 Å². The number of hydrogen-bond acceptors (Lipinski definition) is 5. The van der Waals surface area contributed by atoms with E-state index in [1.54, 1.807) is 49.4 Å². The number of rotatable bonds is 5. The summed E-state index contributed by atoms with van der Waals surface area (Å²) in [5.41, 5.74) is 4.17. The van der Waals surface area contributed by atoms with Crippen molar-refractivity contribution in [2.24, 2.45) is 5.10 Å². The molecule has 1 aliphatic heterocycles. The number of carbonyl (C=O) groups excluding carboxylic acids is 2. The fourth-order valence-corrected chi connectivity index (χ4v) is 3.10. The van der Waals surface area contributed by atoms with Crippen molar-refractivity contribution in [3.63, 3.8) is 0 Å². The summed E-state index contributed by atoms with van der Waals surface area (Å²) in [6.45, 7) is 1.97. The molecule has 0 aromatic heterocycles. The number of nitrogens with zero attached hydrogens (tertiary/aromatic N) is 1. The fraction of sp³-hybridized carbons (Fsp3) is 0.211. The molecule has 1 aliphatic rings. The minimum Gasteiger partial charge on any atom is -0.464 e. The summed E-state index contributed by atoms with van der Waals surface area (Å²) in [6.07, 6.45) is 0. The minimum atomic E-state index is -0.789. The number of carbonyl (C=O) groups is 2. The van der Waals surface area contributed by atoms with Gasteiger partial charge in [0.1, 0.15) is 5.71 Å². The van der Waals surface area contributed by atoms with Gasteiger partial charge in [0.05, 0.1) is 12.5 Å². The van der Waals surface area contributed by atoms with Gasteiger partial charge in [0, 0.05) is 10.6 Å². The van der Waals surface area contributed by atoms with E-state index in [1.165, 1.54) is 0 Å². The average Bonchev–Trinajstić information content (AvgIpc) is 3.07. The highest BCUT2D eigenvalue weighted by Crippen LogP contribution is 2.33. The third kappa shape index (κ3) is 3.42. The van der Waals surface area contributed by atoms with Crippen LogP contribution < -0.4 is 5.43 Å². The van der Waals surface area contributed by atoms with E-state index in [4.69, 9.17) is 16.3 Å². The number of nitrogens with one attached hydrogen (secondary N) is 1. The molecule has 3 rings (SSSR count). The first-order chi connectivity index (χ1) is 12.1. The third-order valence-electron chi connectivity index (χ3n) is 4.00. The van der Waals surface area contributed by atoms with E-state index >= 15 is 0 Å². The first kappa shape index (κ1) is 17.2. The molecule has 2 unspecified atom stereocenters. The van der Waals surface area contributed by atoms with Gasteiger partial charge in [0.25, 0.3) is 0 Å². The van der Waals surface area contributed by atoms with Gasteiger partial charge in [-0.05, 0) is 18.6 Å². The Morgan fingerprint density at radius 2 is 1.80 bits per heavy atom. The predicted octanol–water partition coefficient (Wildman–Crippen LogP) is 3.20. The van der Waals surface area contributed by atoms with E-state index in [-0.39, 0.29) is 18.1 Å². The molecule has 0 fully saturated rings. The molecule has 5 nitrogen and oxygen atoms in total. The molecule has 0 aliphatic carbocycles. The zero-order chi connectivity index (χ0) is 17.8. The normalized spacial score (nSPS) is 19.0. The second kappa shape index (κ2) is 7.49. The van der Waals surface area contributed by atoms with Gasteiger partial charge in [-0.2, -0.15) is 5.10 Å². The molecular formula is C19H17ClN2O3. The van der Waals surface area contributed by atoms with Gasteiger partial charge in [-0.3, -0.25) is 10.2 Å². The Balaban J connectivity index is 2.01. The van der Waals surface area contributed by atoms with Crippen molar-refractivity contribution in [2.75, 3.05) is 6.61 Å².